The van der Waals surface area contributed by atoms with Crippen LogP contribution in [-0.2, 0) is 19.6 Å². The van der Waals surface area contributed by atoms with Crippen molar-refractivity contribution in [1.82, 2.24) is 10.3 Å². The number of halogens is 1. The lowest BCUT2D eigenvalue weighted by atomic mass is 10.2. The molecule has 7 nitrogen and oxygen atoms in total. The first kappa shape index (κ1) is 20.2. The Labute approximate surface area is 160 Å². The monoisotopic (exact) mass is 414 g/mol. The first-order valence-corrected chi connectivity index (χ1v) is 10.0. The summed E-state index contributed by atoms with van der Waals surface area (Å²) in [6.07, 6.45) is 0. The van der Waals surface area contributed by atoms with Gasteiger partial charge in [-0.05, 0) is 36.4 Å². The number of thioether (sulfide) groups is 1. The molecule has 26 heavy (non-hydrogen) atoms. The molecule has 10 heteroatoms. The number of esters is 1. The van der Waals surface area contributed by atoms with Gasteiger partial charge in [0, 0.05) is 9.92 Å². The van der Waals surface area contributed by atoms with Crippen LogP contribution in [0.15, 0.2) is 58.3 Å². The van der Waals surface area contributed by atoms with Crippen LogP contribution in [0.5, 0.6) is 0 Å². The normalized spacial score (nSPS) is 11.0. The summed E-state index contributed by atoms with van der Waals surface area (Å²) in [5.41, 5.74) is 1.98. The smallest absolute Gasteiger partial charge is 0.339 e. The Balaban J connectivity index is 1.98. The fourth-order valence-corrected chi connectivity index (χ4v) is 3.76. The van der Waals surface area contributed by atoms with Crippen molar-refractivity contribution in [2.45, 2.75) is 9.79 Å². The van der Waals surface area contributed by atoms with Crippen LogP contribution in [-0.4, -0.2) is 33.2 Å². The summed E-state index contributed by atoms with van der Waals surface area (Å²) in [6, 6.07) is 12.4. The highest BCUT2D eigenvalue weighted by atomic mass is 35.5. The van der Waals surface area contributed by atoms with Gasteiger partial charge in [0.15, 0.2) is 0 Å². The molecule has 0 atom stereocenters. The van der Waals surface area contributed by atoms with Crippen molar-refractivity contribution in [1.29, 1.82) is 0 Å². The van der Waals surface area contributed by atoms with E-state index in [-0.39, 0.29) is 16.2 Å². The van der Waals surface area contributed by atoms with E-state index < -0.39 is 21.9 Å². The van der Waals surface area contributed by atoms with Crippen LogP contribution in [0.1, 0.15) is 10.4 Å². The summed E-state index contributed by atoms with van der Waals surface area (Å²) in [5.74, 6) is -1.36. The zero-order valence-corrected chi connectivity index (χ0v) is 16.0. The van der Waals surface area contributed by atoms with Gasteiger partial charge in [0.1, 0.15) is 0 Å². The lowest BCUT2D eigenvalue weighted by molar-refractivity contribution is -0.119. The minimum Gasteiger partial charge on any atom is -0.465 e. The number of hydrogen-bond acceptors (Lipinski definition) is 6. The number of hydrazine groups is 1. The van der Waals surface area contributed by atoms with Gasteiger partial charge in [-0.15, -0.1) is 16.6 Å². The molecule has 0 saturated heterocycles. The van der Waals surface area contributed by atoms with E-state index in [0.29, 0.717) is 5.02 Å². The number of methoxy groups -OCH3 is 1. The van der Waals surface area contributed by atoms with Crippen LogP contribution in [0.25, 0.3) is 0 Å². The van der Waals surface area contributed by atoms with Crippen molar-refractivity contribution in [3.8, 4) is 0 Å². The van der Waals surface area contributed by atoms with Gasteiger partial charge in [0.2, 0.25) is 5.91 Å². The van der Waals surface area contributed by atoms with E-state index in [9.17, 15) is 18.0 Å². The lowest BCUT2D eigenvalue weighted by Gasteiger charge is -2.11. The molecule has 0 unspecified atom stereocenters. The molecule has 0 radical (unpaired) electrons. The van der Waals surface area contributed by atoms with E-state index in [0.717, 1.165) is 12.0 Å². The van der Waals surface area contributed by atoms with Gasteiger partial charge in [-0.3, -0.25) is 10.2 Å². The predicted molar refractivity (Wildman–Crippen MR) is 98.4 cm³/mol. The van der Waals surface area contributed by atoms with Crippen molar-refractivity contribution < 1.29 is 22.7 Å². The topological polar surface area (TPSA) is 102 Å². The fourth-order valence-electron chi connectivity index (χ4n) is 1.87. The number of sulfonamides is 1. The standard InChI is InChI=1S/C16H15ClN2O5S2/c1-24-16(21)13-4-2-3-5-14(13)26(22,23)19-18-15(20)10-25-12-8-6-11(17)7-9-12/h2-9,19H,10H2,1H3,(H,18,20). The molecule has 2 N–H and O–H groups in total. The highest BCUT2D eigenvalue weighted by molar-refractivity contribution is 8.00. The zero-order chi connectivity index (χ0) is 19.2. The van der Waals surface area contributed by atoms with Crippen molar-refractivity contribution in [2.75, 3.05) is 12.9 Å². The maximum absolute atomic E-state index is 12.3. The van der Waals surface area contributed by atoms with Gasteiger partial charge < -0.3 is 4.74 Å². The van der Waals surface area contributed by atoms with Gasteiger partial charge in [-0.25, -0.2) is 13.2 Å². The molecule has 0 aliphatic carbocycles. The minimum atomic E-state index is -4.14. The molecule has 0 fully saturated rings. The Morgan fingerprint density at radius 2 is 1.77 bits per heavy atom. The second kappa shape index (κ2) is 9.04. The number of rotatable bonds is 7. The van der Waals surface area contributed by atoms with E-state index in [1.807, 2.05) is 4.83 Å². The Morgan fingerprint density at radius 1 is 1.12 bits per heavy atom. The Kier molecular flexibility index (Phi) is 7.04. The summed E-state index contributed by atoms with van der Waals surface area (Å²) >= 11 is 7.00. The van der Waals surface area contributed by atoms with Gasteiger partial charge in [0.25, 0.3) is 10.0 Å². The molecule has 0 aliphatic heterocycles. The van der Waals surface area contributed by atoms with Crippen molar-refractivity contribution >= 4 is 45.3 Å². The van der Waals surface area contributed by atoms with Crippen LogP contribution in [0.2, 0.25) is 5.02 Å². The van der Waals surface area contributed by atoms with Crippen molar-refractivity contribution in [2.24, 2.45) is 0 Å². The second-order valence-corrected chi connectivity index (χ2v) is 8.02. The molecule has 1 amide bonds. The number of ether oxygens (including phenoxy) is 1. The molecule has 0 spiro atoms. The molecular formula is C16H15ClN2O5S2. The predicted octanol–water partition coefficient (Wildman–Crippen LogP) is 2.23. The summed E-state index contributed by atoms with van der Waals surface area (Å²) in [7, 11) is -2.99. The van der Waals surface area contributed by atoms with E-state index in [2.05, 4.69) is 10.2 Å². The van der Waals surface area contributed by atoms with Crippen LogP contribution >= 0.6 is 23.4 Å². The van der Waals surface area contributed by atoms with Gasteiger partial charge in [-0.2, -0.15) is 0 Å². The van der Waals surface area contributed by atoms with E-state index in [1.54, 1.807) is 24.3 Å². The van der Waals surface area contributed by atoms with Gasteiger partial charge in [-0.1, -0.05) is 23.7 Å². The Hall–Kier alpha value is -2.07. The maximum Gasteiger partial charge on any atom is 0.339 e. The van der Waals surface area contributed by atoms with E-state index in [4.69, 9.17) is 11.6 Å². The molecule has 138 valence electrons. The summed E-state index contributed by atoms with van der Waals surface area (Å²) < 4.78 is 29.2. The molecule has 0 bridgehead atoms. The highest BCUT2D eigenvalue weighted by Crippen LogP contribution is 2.20. The highest BCUT2D eigenvalue weighted by Gasteiger charge is 2.23. The number of carbonyl (C=O) groups excluding carboxylic acids is 2. The van der Waals surface area contributed by atoms with Crippen molar-refractivity contribution in [3.63, 3.8) is 0 Å². The third kappa shape index (κ3) is 5.46. The Morgan fingerprint density at radius 3 is 2.42 bits per heavy atom. The SMILES string of the molecule is COC(=O)c1ccccc1S(=O)(=O)NNC(=O)CSc1ccc(Cl)cc1. The van der Waals surface area contributed by atoms with Crippen molar-refractivity contribution in [3.05, 3.63) is 59.1 Å². The largest absolute Gasteiger partial charge is 0.465 e. The third-order valence-corrected chi connectivity index (χ3v) is 5.66. The molecular weight excluding hydrogens is 400 g/mol. The van der Waals surface area contributed by atoms with Gasteiger partial charge >= 0.3 is 5.97 Å². The molecule has 2 rings (SSSR count). The van der Waals surface area contributed by atoms with Crippen LogP contribution in [0.3, 0.4) is 0 Å². The third-order valence-electron chi connectivity index (χ3n) is 3.09. The second-order valence-electron chi connectivity index (χ2n) is 4.88. The zero-order valence-electron chi connectivity index (χ0n) is 13.6. The number of hydrogen-bond donors (Lipinski definition) is 2. The average Bonchev–Trinajstić information content (AvgIpc) is 2.65. The van der Waals surface area contributed by atoms with Crippen LogP contribution in [0, 0.1) is 0 Å². The van der Waals surface area contributed by atoms with Crippen LogP contribution < -0.4 is 10.3 Å². The molecule has 0 heterocycles. The summed E-state index contributed by atoms with van der Waals surface area (Å²) in [4.78, 5) is 26.0. The number of carbonyl (C=O) groups is 2. The number of benzene rings is 2. The number of nitrogens with one attached hydrogen (secondary N) is 2. The fraction of sp³-hybridized carbons (Fsp3) is 0.125. The molecule has 0 aromatic heterocycles. The van der Waals surface area contributed by atoms with E-state index >= 15 is 0 Å². The van der Waals surface area contributed by atoms with E-state index in [1.165, 1.54) is 36.0 Å². The minimum absolute atomic E-state index is 0.0111. The van der Waals surface area contributed by atoms with Gasteiger partial charge in [0.05, 0.1) is 23.3 Å². The molecule has 0 saturated carbocycles. The lowest BCUT2D eigenvalue weighted by Crippen LogP contribution is -2.42. The first-order valence-electron chi connectivity index (χ1n) is 7.20. The molecule has 2 aromatic rings. The Bertz CT molecular complexity index is 901. The summed E-state index contributed by atoms with van der Waals surface area (Å²) in [5, 5.41) is 0.579. The quantitative estimate of drug-likeness (QED) is 0.409. The molecule has 0 aliphatic rings. The first-order chi connectivity index (χ1) is 12.3. The van der Waals surface area contributed by atoms with Crippen LogP contribution in [0.4, 0.5) is 0 Å². The molecule has 2 aromatic carbocycles. The summed E-state index contributed by atoms with van der Waals surface area (Å²) in [6.45, 7) is 0. The average molecular weight is 415 g/mol. The maximum atomic E-state index is 12.3. The number of amides is 1.